The Hall–Kier alpha value is -4.17. The van der Waals surface area contributed by atoms with Gasteiger partial charge >= 0.3 is 0 Å². The third kappa shape index (κ3) is 3.57. The van der Waals surface area contributed by atoms with Crippen molar-refractivity contribution in [1.82, 2.24) is 20.2 Å². The minimum absolute atomic E-state index is 0.173. The van der Waals surface area contributed by atoms with Crippen molar-refractivity contribution in [1.29, 1.82) is 0 Å². The van der Waals surface area contributed by atoms with Crippen LogP contribution in [0.3, 0.4) is 0 Å². The first-order valence-corrected chi connectivity index (χ1v) is 10.0. The standard InChI is InChI=1S/C23H14ClN5O3/c24-14-7-5-13(6-8-14)23-26-28-29(27-23)12-20(30)25-15-9-10-18-19(11-15)22(32)17-4-2-1-3-16(17)21(18)31/h1-11H,12H2,(H,25,30). The highest BCUT2D eigenvalue weighted by atomic mass is 35.5. The van der Waals surface area contributed by atoms with Crippen molar-refractivity contribution in [2.45, 2.75) is 6.54 Å². The van der Waals surface area contributed by atoms with E-state index in [0.29, 0.717) is 33.2 Å². The lowest BCUT2D eigenvalue weighted by atomic mass is 9.84. The molecule has 0 unspecified atom stereocenters. The van der Waals surface area contributed by atoms with Gasteiger partial charge in [-0.2, -0.15) is 4.80 Å². The van der Waals surface area contributed by atoms with Gasteiger partial charge in [-0.25, -0.2) is 0 Å². The number of rotatable bonds is 4. The summed E-state index contributed by atoms with van der Waals surface area (Å²) in [7, 11) is 0. The normalized spacial score (nSPS) is 12.3. The molecule has 0 saturated heterocycles. The van der Waals surface area contributed by atoms with Crippen LogP contribution in [0.5, 0.6) is 0 Å². The predicted molar refractivity (Wildman–Crippen MR) is 117 cm³/mol. The van der Waals surface area contributed by atoms with Gasteiger partial charge in [0.05, 0.1) is 0 Å². The molecule has 0 radical (unpaired) electrons. The second-order valence-electron chi connectivity index (χ2n) is 7.16. The number of carbonyl (C=O) groups is 3. The Labute approximate surface area is 186 Å². The molecule has 8 nitrogen and oxygen atoms in total. The maximum absolute atomic E-state index is 12.8. The number of aromatic nitrogens is 4. The van der Waals surface area contributed by atoms with Crippen LogP contribution in [0.15, 0.2) is 66.7 Å². The second-order valence-corrected chi connectivity index (χ2v) is 7.60. The molecule has 0 atom stereocenters. The van der Waals surface area contributed by atoms with Crippen molar-refractivity contribution >= 4 is 34.8 Å². The Bertz CT molecular complexity index is 1400. The van der Waals surface area contributed by atoms with Crippen LogP contribution in [-0.2, 0) is 11.3 Å². The highest BCUT2D eigenvalue weighted by Gasteiger charge is 2.29. The summed E-state index contributed by atoms with van der Waals surface area (Å²) in [4.78, 5) is 39.2. The molecule has 1 heterocycles. The minimum Gasteiger partial charge on any atom is -0.324 e. The number of nitrogens with zero attached hydrogens (tertiary/aromatic N) is 4. The van der Waals surface area contributed by atoms with Gasteiger partial charge in [-0.3, -0.25) is 14.4 Å². The molecule has 0 spiro atoms. The van der Waals surface area contributed by atoms with Gasteiger partial charge in [-0.1, -0.05) is 35.9 Å². The van der Waals surface area contributed by atoms with E-state index in [1.165, 1.54) is 10.9 Å². The molecule has 1 N–H and O–H groups in total. The number of nitrogens with one attached hydrogen (secondary N) is 1. The van der Waals surface area contributed by atoms with Crippen molar-refractivity contribution < 1.29 is 14.4 Å². The van der Waals surface area contributed by atoms with Gasteiger partial charge < -0.3 is 5.32 Å². The Kier molecular flexibility index (Phi) is 4.84. The van der Waals surface area contributed by atoms with E-state index in [-0.39, 0.29) is 23.7 Å². The smallest absolute Gasteiger partial charge is 0.248 e. The molecule has 5 rings (SSSR count). The maximum Gasteiger partial charge on any atom is 0.248 e. The first-order chi connectivity index (χ1) is 15.5. The number of carbonyl (C=O) groups excluding carboxylic acids is 3. The van der Waals surface area contributed by atoms with Crippen molar-refractivity contribution in [3.63, 3.8) is 0 Å². The van der Waals surface area contributed by atoms with E-state index >= 15 is 0 Å². The lowest BCUT2D eigenvalue weighted by Gasteiger charge is -2.18. The molecule has 32 heavy (non-hydrogen) atoms. The molecule has 1 aromatic heterocycles. The molecular weight excluding hydrogens is 430 g/mol. The molecule has 0 aliphatic heterocycles. The Morgan fingerprint density at radius 1 is 0.875 bits per heavy atom. The molecule has 9 heteroatoms. The number of benzene rings is 3. The van der Waals surface area contributed by atoms with Crippen LogP contribution in [0.2, 0.25) is 5.02 Å². The number of amides is 1. The summed E-state index contributed by atoms with van der Waals surface area (Å²) in [6, 6.07) is 18.3. The third-order valence-electron chi connectivity index (χ3n) is 5.05. The topological polar surface area (TPSA) is 107 Å². The molecule has 0 bridgehead atoms. The second kappa shape index (κ2) is 7.82. The largest absolute Gasteiger partial charge is 0.324 e. The lowest BCUT2D eigenvalue weighted by molar-refractivity contribution is -0.117. The summed E-state index contributed by atoms with van der Waals surface area (Å²) in [5.74, 6) is -0.502. The van der Waals surface area contributed by atoms with E-state index in [0.717, 1.165) is 5.56 Å². The van der Waals surface area contributed by atoms with Gasteiger partial charge in [0.15, 0.2) is 11.6 Å². The molecular formula is C23H14ClN5O3. The summed E-state index contributed by atoms with van der Waals surface area (Å²) in [5, 5.41) is 15.3. The fourth-order valence-corrected chi connectivity index (χ4v) is 3.66. The van der Waals surface area contributed by atoms with E-state index in [2.05, 4.69) is 20.7 Å². The average Bonchev–Trinajstić information content (AvgIpc) is 3.26. The van der Waals surface area contributed by atoms with Crippen LogP contribution < -0.4 is 5.32 Å². The summed E-state index contributed by atoms with van der Waals surface area (Å²) in [6.45, 7) is -0.173. The first kappa shape index (κ1) is 19.8. The Morgan fingerprint density at radius 2 is 1.53 bits per heavy atom. The first-order valence-electron chi connectivity index (χ1n) is 9.66. The van der Waals surface area contributed by atoms with Crippen LogP contribution in [0, 0.1) is 0 Å². The van der Waals surface area contributed by atoms with Gasteiger partial charge in [0.25, 0.3) is 0 Å². The summed E-state index contributed by atoms with van der Waals surface area (Å²) in [6.07, 6.45) is 0. The highest BCUT2D eigenvalue weighted by molar-refractivity contribution is 6.30. The van der Waals surface area contributed by atoms with E-state index < -0.39 is 5.91 Å². The van der Waals surface area contributed by atoms with Gasteiger partial charge in [-0.05, 0) is 47.7 Å². The van der Waals surface area contributed by atoms with Gasteiger partial charge in [0, 0.05) is 38.5 Å². The van der Waals surface area contributed by atoms with Gasteiger partial charge in [0.1, 0.15) is 6.54 Å². The molecule has 1 aliphatic carbocycles. The number of ketones is 2. The molecule has 0 fully saturated rings. The van der Waals surface area contributed by atoms with Gasteiger partial charge in [-0.15, -0.1) is 10.2 Å². The van der Waals surface area contributed by atoms with Crippen molar-refractivity contribution in [3.05, 3.63) is 94.0 Å². The van der Waals surface area contributed by atoms with E-state index in [1.54, 1.807) is 60.7 Å². The fourth-order valence-electron chi connectivity index (χ4n) is 3.53. The number of tetrazole rings is 1. The van der Waals surface area contributed by atoms with Crippen molar-refractivity contribution in [2.24, 2.45) is 0 Å². The molecule has 4 aromatic rings. The van der Waals surface area contributed by atoms with Crippen LogP contribution in [-0.4, -0.2) is 37.7 Å². The number of fused-ring (bicyclic) bond motifs is 2. The summed E-state index contributed by atoms with van der Waals surface area (Å²) < 4.78 is 0. The lowest BCUT2D eigenvalue weighted by Crippen LogP contribution is -2.23. The Morgan fingerprint density at radius 3 is 2.25 bits per heavy atom. The van der Waals surface area contributed by atoms with Crippen LogP contribution in [0.1, 0.15) is 31.8 Å². The van der Waals surface area contributed by atoms with Crippen LogP contribution in [0.4, 0.5) is 5.69 Å². The van der Waals surface area contributed by atoms with Crippen molar-refractivity contribution in [2.75, 3.05) is 5.32 Å². The number of hydrogen-bond donors (Lipinski definition) is 1. The van der Waals surface area contributed by atoms with Crippen LogP contribution >= 0.6 is 11.6 Å². The van der Waals surface area contributed by atoms with E-state index in [4.69, 9.17) is 11.6 Å². The van der Waals surface area contributed by atoms with Crippen LogP contribution in [0.25, 0.3) is 11.4 Å². The summed E-state index contributed by atoms with van der Waals surface area (Å²) in [5.41, 5.74) is 2.43. The maximum atomic E-state index is 12.8. The van der Waals surface area contributed by atoms with Crippen molar-refractivity contribution in [3.8, 4) is 11.4 Å². The molecule has 156 valence electrons. The molecule has 1 aliphatic rings. The quantitative estimate of drug-likeness (QED) is 0.456. The highest BCUT2D eigenvalue weighted by Crippen LogP contribution is 2.29. The Balaban J connectivity index is 1.32. The third-order valence-corrected chi connectivity index (χ3v) is 5.30. The zero-order chi connectivity index (χ0) is 22.2. The predicted octanol–water partition coefficient (Wildman–Crippen LogP) is 3.41. The fraction of sp³-hybridized carbons (Fsp3) is 0.0435. The zero-order valence-electron chi connectivity index (χ0n) is 16.4. The summed E-state index contributed by atoms with van der Waals surface area (Å²) >= 11 is 5.88. The zero-order valence-corrected chi connectivity index (χ0v) is 17.2. The van der Waals surface area contributed by atoms with Gasteiger partial charge in [0.2, 0.25) is 11.7 Å². The monoisotopic (exact) mass is 443 g/mol. The van der Waals surface area contributed by atoms with E-state index in [1.807, 2.05) is 0 Å². The number of anilines is 1. The number of hydrogen-bond acceptors (Lipinski definition) is 6. The minimum atomic E-state index is -0.403. The molecule has 0 saturated carbocycles. The number of halogens is 1. The average molecular weight is 444 g/mol. The van der Waals surface area contributed by atoms with E-state index in [9.17, 15) is 14.4 Å². The molecule has 3 aromatic carbocycles. The molecule has 1 amide bonds. The SMILES string of the molecule is O=C(Cn1nnc(-c2ccc(Cl)cc2)n1)Nc1ccc2c(c1)C(=O)c1ccccc1C2=O.